The van der Waals surface area contributed by atoms with Crippen LogP contribution in [0.4, 0.5) is 17.1 Å². The van der Waals surface area contributed by atoms with Gasteiger partial charge in [0.2, 0.25) is 0 Å². The first kappa shape index (κ1) is 31.2. The molecule has 0 aliphatic carbocycles. The van der Waals surface area contributed by atoms with Gasteiger partial charge in [-0.25, -0.2) is 0 Å². The van der Waals surface area contributed by atoms with Gasteiger partial charge in [0, 0.05) is 44.5 Å². The molecule has 3 heteroatoms. The van der Waals surface area contributed by atoms with Gasteiger partial charge in [0.05, 0.1) is 5.69 Å². The van der Waals surface area contributed by atoms with Gasteiger partial charge >= 0.3 is 0 Å². The van der Waals surface area contributed by atoms with Gasteiger partial charge in [-0.2, -0.15) is 0 Å². The summed E-state index contributed by atoms with van der Waals surface area (Å²) in [6, 6.07) is 71.0. The normalized spacial score (nSPS) is 11.6. The summed E-state index contributed by atoms with van der Waals surface area (Å²) in [5.41, 5.74) is 13.5. The third-order valence-electron chi connectivity index (χ3n) is 10.9. The first-order valence-electron chi connectivity index (χ1n) is 18.7. The van der Waals surface area contributed by atoms with Crippen molar-refractivity contribution in [2.45, 2.75) is 0 Å². The van der Waals surface area contributed by atoms with Gasteiger partial charge in [0.25, 0.3) is 0 Å². The largest absolute Gasteiger partial charge is 0.456 e. The lowest BCUT2D eigenvalue weighted by Crippen LogP contribution is -2.11. The highest BCUT2D eigenvalue weighted by Gasteiger charge is 2.22. The maximum Gasteiger partial charge on any atom is 0.137 e. The molecule has 11 aromatic rings. The lowest BCUT2D eigenvalue weighted by molar-refractivity contribution is 0.668. The molecule has 11 rings (SSSR count). The molecule has 55 heavy (non-hydrogen) atoms. The average molecular weight is 704 g/mol. The number of fused-ring (bicyclic) bond motifs is 7. The average Bonchev–Trinajstić information content (AvgIpc) is 3.82. The highest BCUT2D eigenvalue weighted by atomic mass is 16.3. The molecular formula is C52H33NO2. The molecule has 2 heterocycles. The van der Waals surface area contributed by atoms with Crippen molar-refractivity contribution in [1.29, 1.82) is 0 Å². The third kappa shape index (κ3) is 5.20. The Balaban J connectivity index is 1.11. The molecule has 0 fully saturated rings. The van der Waals surface area contributed by atoms with E-state index in [1.165, 1.54) is 21.9 Å². The molecule has 0 N–H and O–H groups in total. The van der Waals surface area contributed by atoms with E-state index in [1.54, 1.807) is 0 Å². The molecule has 258 valence electrons. The highest BCUT2D eigenvalue weighted by molar-refractivity contribution is 6.14. The minimum Gasteiger partial charge on any atom is -0.456 e. The zero-order valence-electron chi connectivity index (χ0n) is 29.8. The smallest absolute Gasteiger partial charge is 0.137 e. The van der Waals surface area contributed by atoms with E-state index >= 15 is 0 Å². The van der Waals surface area contributed by atoms with Crippen molar-refractivity contribution in [3.8, 4) is 33.4 Å². The topological polar surface area (TPSA) is 29.5 Å². The SMILES string of the molecule is c1cc(-c2cccc(N(c3ccc4c(c3)oc3ccccc34)c3ccccc3-c3cccc4oc5ccccc5c34)c2)cc(-c2cccc3ccccc23)c1. The molecule has 2 aromatic heterocycles. The molecule has 0 unspecified atom stereocenters. The number of hydrogen-bond acceptors (Lipinski definition) is 3. The van der Waals surface area contributed by atoms with Gasteiger partial charge in [-0.15, -0.1) is 0 Å². The van der Waals surface area contributed by atoms with Crippen molar-refractivity contribution in [2.24, 2.45) is 0 Å². The number of anilines is 3. The quantitative estimate of drug-likeness (QED) is 0.173. The Morgan fingerprint density at radius 2 is 0.873 bits per heavy atom. The van der Waals surface area contributed by atoms with Crippen LogP contribution < -0.4 is 4.90 Å². The van der Waals surface area contributed by atoms with E-state index in [9.17, 15) is 0 Å². The lowest BCUT2D eigenvalue weighted by atomic mass is 9.94. The molecule has 3 nitrogen and oxygen atoms in total. The molecular weight excluding hydrogens is 671 g/mol. The summed E-state index contributed by atoms with van der Waals surface area (Å²) >= 11 is 0. The van der Waals surface area contributed by atoms with E-state index in [2.05, 4.69) is 181 Å². The number of para-hydroxylation sites is 3. The second-order valence-corrected chi connectivity index (χ2v) is 14.1. The summed E-state index contributed by atoms with van der Waals surface area (Å²) < 4.78 is 12.8. The molecule has 0 radical (unpaired) electrons. The van der Waals surface area contributed by atoms with Gasteiger partial charge < -0.3 is 13.7 Å². The van der Waals surface area contributed by atoms with Gasteiger partial charge in [-0.3, -0.25) is 0 Å². The van der Waals surface area contributed by atoms with Crippen LogP contribution in [-0.2, 0) is 0 Å². The fourth-order valence-corrected chi connectivity index (χ4v) is 8.34. The predicted molar refractivity (Wildman–Crippen MR) is 229 cm³/mol. The van der Waals surface area contributed by atoms with Gasteiger partial charge in [0.1, 0.15) is 22.3 Å². The molecule has 0 bridgehead atoms. The summed E-state index contributed by atoms with van der Waals surface area (Å²) in [6.45, 7) is 0. The maximum atomic E-state index is 6.47. The molecule has 0 aliphatic rings. The summed E-state index contributed by atoms with van der Waals surface area (Å²) in [6.07, 6.45) is 0. The second-order valence-electron chi connectivity index (χ2n) is 14.1. The number of hydrogen-bond donors (Lipinski definition) is 0. The van der Waals surface area contributed by atoms with Crippen LogP contribution in [0.5, 0.6) is 0 Å². The van der Waals surface area contributed by atoms with Crippen molar-refractivity contribution >= 4 is 71.7 Å². The summed E-state index contributed by atoms with van der Waals surface area (Å²) in [5, 5.41) is 6.91. The van der Waals surface area contributed by atoms with Gasteiger partial charge in [-0.05, 0) is 93.2 Å². The number of furan rings is 2. The van der Waals surface area contributed by atoms with Crippen molar-refractivity contribution in [3.05, 3.63) is 200 Å². The van der Waals surface area contributed by atoms with Crippen molar-refractivity contribution in [3.63, 3.8) is 0 Å². The Kier molecular flexibility index (Phi) is 7.17. The first-order valence-corrected chi connectivity index (χ1v) is 18.7. The fourth-order valence-electron chi connectivity index (χ4n) is 8.34. The first-order chi connectivity index (χ1) is 27.3. The number of benzene rings is 9. The minimum absolute atomic E-state index is 0.850. The van der Waals surface area contributed by atoms with Gasteiger partial charge in [0.15, 0.2) is 0 Å². The highest BCUT2D eigenvalue weighted by Crippen LogP contribution is 2.46. The van der Waals surface area contributed by atoms with Crippen molar-refractivity contribution in [1.82, 2.24) is 0 Å². The molecule has 0 saturated carbocycles. The molecule has 0 atom stereocenters. The van der Waals surface area contributed by atoms with Crippen LogP contribution in [0.1, 0.15) is 0 Å². The summed E-state index contributed by atoms with van der Waals surface area (Å²) in [4.78, 5) is 2.36. The van der Waals surface area contributed by atoms with Crippen LogP contribution in [0.2, 0.25) is 0 Å². The van der Waals surface area contributed by atoms with E-state index in [0.717, 1.165) is 83.2 Å². The van der Waals surface area contributed by atoms with Crippen LogP contribution in [-0.4, -0.2) is 0 Å². The van der Waals surface area contributed by atoms with E-state index in [4.69, 9.17) is 8.83 Å². The molecule has 0 amide bonds. The van der Waals surface area contributed by atoms with Crippen LogP contribution in [0.25, 0.3) is 88.0 Å². The van der Waals surface area contributed by atoms with Crippen LogP contribution >= 0.6 is 0 Å². The Bertz CT molecular complexity index is 3230. The summed E-state index contributed by atoms with van der Waals surface area (Å²) in [7, 11) is 0. The monoisotopic (exact) mass is 703 g/mol. The Morgan fingerprint density at radius 3 is 1.78 bits per heavy atom. The fraction of sp³-hybridized carbons (Fsp3) is 0. The van der Waals surface area contributed by atoms with Crippen LogP contribution in [0, 0.1) is 0 Å². The van der Waals surface area contributed by atoms with E-state index < -0.39 is 0 Å². The molecule has 0 spiro atoms. The number of nitrogens with zero attached hydrogens (tertiary/aromatic N) is 1. The number of rotatable bonds is 6. The van der Waals surface area contributed by atoms with E-state index in [0.29, 0.717) is 0 Å². The van der Waals surface area contributed by atoms with Crippen molar-refractivity contribution in [2.75, 3.05) is 4.90 Å². The second kappa shape index (κ2) is 12.6. The Hall–Kier alpha value is -7.36. The predicted octanol–water partition coefficient (Wildman–Crippen LogP) is 15.1. The molecule has 0 saturated heterocycles. The Morgan fingerprint density at radius 1 is 0.309 bits per heavy atom. The third-order valence-corrected chi connectivity index (χ3v) is 10.9. The minimum atomic E-state index is 0.850. The molecule has 9 aromatic carbocycles. The van der Waals surface area contributed by atoms with Crippen LogP contribution in [0.3, 0.4) is 0 Å². The van der Waals surface area contributed by atoms with E-state index in [-0.39, 0.29) is 0 Å². The zero-order chi connectivity index (χ0) is 36.3. The van der Waals surface area contributed by atoms with E-state index in [1.807, 2.05) is 24.3 Å². The van der Waals surface area contributed by atoms with Crippen LogP contribution in [0.15, 0.2) is 209 Å². The van der Waals surface area contributed by atoms with Gasteiger partial charge in [-0.1, -0.05) is 140 Å². The van der Waals surface area contributed by atoms with Crippen molar-refractivity contribution < 1.29 is 8.83 Å². The maximum absolute atomic E-state index is 6.47. The standard InChI is InChI=1S/C52H33NO2/c1-2-19-40-34(13-1)14-11-23-41(40)37-17-9-15-35(31-37)36-16-10-18-38(32-36)53(39-29-30-44-43-21-4-7-26-48(43)55-51(44)33-39)47-25-6-3-20-42(47)45-24-12-28-50-52(45)46-22-5-8-27-49(46)54-50/h1-33H. The lowest BCUT2D eigenvalue weighted by Gasteiger charge is -2.28. The molecule has 0 aliphatic heterocycles. The Labute approximate surface area is 317 Å². The summed E-state index contributed by atoms with van der Waals surface area (Å²) in [5.74, 6) is 0. The zero-order valence-corrected chi connectivity index (χ0v) is 29.8.